The van der Waals surface area contributed by atoms with Gasteiger partial charge in [0.2, 0.25) is 11.8 Å². The Morgan fingerprint density at radius 3 is 2.41 bits per heavy atom. The zero-order valence-corrected chi connectivity index (χ0v) is 16.6. The minimum atomic E-state index is -0.538. The number of carbonyl (C=O) groups excluding carboxylic acids is 2. The van der Waals surface area contributed by atoms with Crippen molar-refractivity contribution < 1.29 is 14.3 Å². The zero-order valence-electron chi connectivity index (χ0n) is 15.9. The Bertz CT molecular complexity index is 777. The first-order valence-corrected chi connectivity index (χ1v) is 9.24. The lowest BCUT2D eigenvalue weighted by molar-refractivity contribution is -0.140. The van der Waals surface area contributed by atoms with Gasteiger partial charge in [-0.3, -0.25) is 9.59 Å². The number of hydrogen-bond donors (Lipinski definition) is 1. The average molecular weight is 389 g/mol. The van der Waals surface area contributed by atoms with E-state index in [1.165, 1.54) is 0 Å². The summed E-state index contributed by atoms with van der Waals surface area (Å²) in [6, 6.07) is 14.2. The molecule has 2 rings (SSSR count). The molecule has 0 heterocycles. The van der Waals surface area contributed by atoms with Crippen LogP contribution in [0.1, 0.15) is 24.5 Å². The van der Waals surface area contributed by atoms with Crippen molar-refractivity contribution in [2.45, 2.75) is 32.4 Å². The van der Waals surface area contributed by atoms with Gasteiger partial charge in [-0.2, -0.15) is 0 Å². The Morgan fingerprint density at radius 2 is 1.85 bits per heavy atom. The molecule has 0 saturated heterocycles. The van der Waals surface area contributed by atoms with E-state index < -0.39 is 6.04 Å². The second-order valence-electron chi connectivity index (χ2n) is 6.21. The van der Waals surface area contributed by atoms with Crippen LogP contribution in [0.15, 0.2) is 48.5 Å². The van der Waals surface area contributed by atoms with Crippen molar-refractivity contribution in [1.29, 1.82) is 0 Å². The monoisotopic (exact) mass is 388 g/mol. The third-order valence-electron chi connectivity index (χ3n) is 4.39. The molecule has 1 atom stereocenters. The van der Waals surface area contributed by atoms with E-state index in [9.17, 15) is 9.59 Å². The van der Waals surface area contributed by atoms with Gasteiger partial charge in [-0.1, -0.05) is 42.8 Å². The van der Waals surface area contributed by atoms with Crippen LogP contribution in [0.2, 0.25) is 5.02 Å². The van der Waals surface area contributed by atoms with Crippen LogP contribution < -0.4 is 10.1 Å². The molecule has 0 aromatic heterocycles. The molecule has 0 spiro atoms. The van der Waals surface area contributed by atoms with Gasteiger partial charge in [0.15, 0.2) is 0 Å². The maximum atomic E-state index is 13.1. The van der Waals surface area contributed by atoms with Crippen LogP contribution >= 0.6 is 11.6 Å². The summed E-state index contributed by atoms with van der Waals surface area (Å²) in [5.74, 6) is 0.447. The molecule has 5 nitrogen and oxygen atoms in total. The Kier molecular flexibility index (Phi) is 7.67. The molecule has 0 saturated carbocycles. The van der Waals surface area contributed by atoms with Gasteiger partial charge in [-0.15, -0.1) is 0 Å². The van der Waals surface area contributed by atoms with E-state index in [1.54, 1.807) is 31.2 Å². The van der Waals surface area contributed by atoms with Gasteiger partial charge in [-0.05, 0) is 41.8 Å². The topological polar surface area (TPSA) is 58.6 Å². The van der Waals surface area contributed by atoms with Gasteiger partial charge in [0.05, 0.1) is 13.5 Å². The Morgan fingerprint density at radius 1 is 1.15 bits per heavy atom. The molecule has 2 aromatic rings. The molecular weight excluding hydrogens is 364 g/mol. The van der Waals surface area contributed by atoms with E-state index in [1.807, 2.05) is 43.3 Å². The second-order valence-corrected chi connectivity index (χ2v) is 6.65. The lowest BCUT2D eigenvalue weighted by atomic mass is 10.1. The summed E-state index contributed by atoms with van der Waals surface area (Å²) in [6.07, 6.45) is 0.710. The fourth-order valence-electron chi connectivity index (χ4n) is 2.94. The van der Waals surface area contributed by atoms with Gasteiger partial charge in [0.1, 0.15) is 11.8 Å². The zero-order chi connectivity index (χ0) is 19.8. The van der Waals surface area contributed by atoms with Gasteiger partial charge < -0.3 is 15.0 Å². The lowest BCUT2D eigenvalue weighted by Crippen LogP contribution is -2.48. The number of ether oxygens (including phenoxy) is 1. The van der Waals surface area contributed by atoms with Crippen LogP contribution in [0, 0.1) is 0 Å². The number of nitrogens with one attached hydrogen (secondary N) is 1. The summed E-state index contributed by atoms with van der Waals surface area (Å²) in [4.78, 5) is 27.0. The highest BCUT2D eigenvalue weighted by atomic mass is 35.5. The average Bonchev–Trinajstić information content (AvgIpc) is 2.68. The van der Waals surface area contributed by atoms with Gasteiger partial charge in [-0.25, -0.2) is 0 Å². The standard InChI is InChI=1S/C21H25ClN2O3/c1-4-19(21(26)23-2)24(14-15-8-10-18(27-3)11-9-15)20(25)13-16-6-5-7-17(22)12-16/h5-12,19H,4,13-14H2,1-3H3,(H,23,26)/t19-/m0/s1. The molecule has 2 amide bonds. The van der Waals surface area contributed by atoms with E-state index in [0.717, 1.165) is 16.9 Å². The molecule has 6 heteroatoms. The van der Waals surface area contributed by atoms with E-state index in [-0.39, 0.29) is 18.2 Å². The fraction of sp³-hybridized carbons (Fsp3) is 0.333. The molecule has 0 radical (unpaired) electrons. The second kappa shape index (κ2) is 9.97. The first-order valence-electron chi connectivity index (χ1n) is 8.87. The fourth-order valence-corrected chi connectivity index (χ4v) is 3.15. The van der Waals surface area contributed by atoms with Crippen molar-refractivity contribution in [1.82, 2.24) is 10.2 Å². The summed E-state index contributed by atoms with van der Waals surface area (Å²) < 4.78 is 5.18. The van der Waals surface area contributed by atoms with Crippen molar-refractivity contribution in [2.24, 2.45) is 0 Å². The summed E-state index contributed by atoms with van der Waals surface area (Å²) in [6.45, 7) is 2.24. The molecule has 0 bridgehead atoms. The minimum Gasteiger partial charge on any atom is -0.497 e. The summed E-state index contributed by atoms with van der Waals surface area (Å²) in [7, 11) is 3.19. The number of rotatable bonds is 8. The largest absolute Gasteiger partial charge is 0.497 e. The third kappa shape index (κ3) is 5.73. The first-order chi connectivity index (χ1) is 13.0. The van der Waals surface area contributed by atoms with Crippen molar-refractivity contribution in [3.63, 3.8) is 0 Å². The molecule has 0 aliphatic rings. The summed E-state index contributed by atoms with van der Waals surface area (Å²) >= 11 is 6.03. The Balaban J connectivity index is 2.26. The number of halogens is 1. The van der Waals surface area contributed by atoms with Crippen molar-refractivity contribution in [3.8, 4) is 5.75 Å². The number of nitrogens with zero attached hydrogens (tertiary/aromatic N) is 1. The molecule has 144 valence electrons. The first kappa shape index (κ1) is 20.8. The van der Waals surface area contributed by atoms with Crippen LogP contribution in [0.25, 0.3) is 0 Å². The Hall–Kier alpha value is -2.53. The molecule has 0 aliphatic heterocycles. The van der Waals surface area contributed by atoms with Gasteiger partial charge in [0.25, 0.3) is 0 Å². The number of benzene rings is 2. The van der Waals surface area contributed by atoms with Crippen molar-refractivity contribution >= 4 is 23.4 Å². The quantitative estimate of drug-likeness (QED) is 0.753. The van der Waals surface area contributed by atoms with Crippen molar-refractivity contribution in [2.75, 3.05) is 14.2 Å². The van der Waals surface area contributed by atoms with E-state index in [2.05, 4.69) is 5.32 Å². The molecule has 27 heavy (non-hydrogen) atoms. The number of hydrogen-bond acceptors (Lipinski definition) is 3. The number of amides is 2. The van der Waals surface area contributed by atoms with Gasteiger partial charge in [0, 0.05) is 18.6 Å². The van der Waals surface area contributed by atoms with Crippen LogP contribution in [0.3, 0.4) is 0 Å². The number of likely N-dealkylation sites (N-methyl/N-ethyl adjacent to an activating group) is 1. The maximum Gasteiger partial charge on any atom is 0.242 e. The molecule has 0 unspecified atom stereocenters. The SMILES string of the molecule is CC[C@@H](C(=O)NC)N(Cc1ccc(OC)cc1)C(=O)Cc1cccc(Cl)c1. The summed E-state index contributed by atoms with van der Waals surface area (Å²) in [5, 5.41) is 3.24. The Labute approximate surface area is 165 Å². The molecule has 1 N–H and O–H groups in total. The smallest absolute Gasteiger partial charge is 0.242 e. The minimum absolute atomic E-state index is 0.122. The summed E-state index contributed by atoms with van der Waals surface area (Å²) in [5.41, 5.74) is 1.75. The maximum absolute atomic E-state index is 13.1. The van der Waals surface area contributed by atoms with Crippen molar-refractivity contribution in [3.05, 3.63) is 64.7 Å². The highest BCUT2D eigenvalue weighted by Crippen LogP contribution is 2.18. The highest BCUT2D eigenvalue weighted by molar-refractivity contribution is 6.30. The number of carbonyl (C=O) groups is 2. The molecular formula is C21H25ClN2O3. The van der Waals surface area contributed by atoms with Crippen LogP contribution in [0.4, 0.5) is 0 Å². The van der Waals surface area contributed by atoms with Crippen LogP contribution in [0.5, 0.6) is 5.75 Å². The normalized spacial score (nSPS) is 11.6. The molecule has 0 aliphatic carbocycles. The third-order valence-corrected chi connectivity index (χ3v) is 4.62. The van der Waals surface area contributed by atoms with Crippen LogP contribution in [-0.2, 0) is 22.6 Å². The lowest BCUT2D eigenvalue weighted by Gasteiger charge is -2.30. The van der Waals surface area contributed by atoms with Gasteiger partial charge >= 0.3 is 0 Å². The predicted octanol–water partition coefficient (Wildman–Crippen LogP) is 3.44. The number of methoxy groups -OCH3 is 1. The van der Waals surface area contributed by atoms with E-state index in [0.29, 0.717) is 18.0 Å². The highest BCUT2D eigenvalue weighted by Gasteiger charge is 2.28. The van der Waals surface area contributed by atoms with E-state index in [4.69, 9.17) is 16.3 Å². The van der Waals surface area contributed by atoms with E-state index >= 15 is 0 Å². The van der Waals surface area contributed by atoms with Crippen LogP contribution in [-0.4, -0.2) is 36.9 Å². The molecule has 2 aromatic carbocycles. The molecule has 0 fully saturated rings. The predicted molar refractivity (Wildman–Crippen MR) is 107 cm³/mol.